The summed E-state index contributed by atoms with van der Waals surface area (Å²) in [6.07, 6.45) is 5.26. The fourth-order valence-electron chi connectivity index (χ4n) is 3.74. The average Bonchev–Trinajstić information content (AvgIpc) is 2.98. The molecule has 2 N–H and O–H groups in total. The van der Waals surface area contributed by atoms with Gasteiger partial charge in [-0.1, -0.05) is 28.8 Å². The Bertz CT molecular complexity index is 454. The van der Waals surface area contributed by atoms with E-state index in [0.29, 0.717) is 17.7 Å². The smallest absolute Gasteiger partial charge is 0.120 e. The largest absolute Gasteiger partial charge is 0.508 e. The van der Waals surface area contributed by atoms with Gasteiger partial charge in [-0.05, 0) is 37.0 Å². The number of hydrogen-bond acceptors (Lipinski definition) is 3. The van der Waals surface area contributed by atoms with Gasteiger partial charge in [0, 0.05) is 42.3 Å². The average molecular weight is 339 g/mol. The minimum absolute atomic E-state index is 0.372. The maximum Gasteiger partial charge on any atom is 0.120 e. The van der Waals surface area contributed by atoms with E-state index in [9.17, 15) is 5.11 Å². The topological polar surface area (TPSA) is 35.5 Å². The fourth-order valence-corrected chi connectivity index (χ4v) is 4.12. The lowest BCUT2D eigenvalue weighted by molar-refractivity contribution is 0.123. The standard InChI is InChI=1S/C16H23BrN2O/c17-13-5-6-15(20)14(11-13)16(12-3-1-2-4-12)19-9-7-18-8-10-19/h5-6,11-12,16,18,20H,1-4,7-10H2/t16-/m1/s1. The van der Waals surface area contributed by atoms with Crippen LogP contribution in [0.25, 0.3) is 0 Å². The molecule has 1 saturated heterocycles. The first-order chi connectivity index (χ1) is 9.75. The van der Waals surface area contributed by atoms with Crippen LogP contribution >= 0.6 is 15.9 Å². The fraction of sp³-hybridized carbons (Fsp3) is 0.625. The van der Waals surface area contributed by atoms with Gasteiger partial charge in [0.1, 0.15) is 5.75 Å². The van der Waals surface area contributed by atoms with Gasteiger partial charge in [-0.25, -0.2) is 0 Å². The second-order valence-electron chi connectivity index (χ2n) is 5.98. The normalized spacial score (nSPS) is 23.1. The number of halogens is 1. The molecule has 110 valence electrons. The summed E-state index contributed by atoms with van der Waals surface area (Å²) in [4.78, 5) is 2.56. The van der Waals surface area contributed by atoms with Crippen LogP contribution in [0.5, 0.6) is 5.75 Å². The number of benzene rings is 1. The Labute approximate surface area is 129 Å². The molecule has 1 aromatic carbocycles. The summed E-state index contributed by atoms with van der Waals surface area (Å²) in [6, 6.07) is 6.23. The summed E-state index contributed by atoms with van der Waals surface area (Å²) < 4.78 is 1.06. The van der Waals surface area contributed by atoms with Crippen LogP contribution in [-0.4, -0.2) is 36.2 Å². The number of phenolic OH excluding ortho intramolecular Hbond substituents is 1. The molecule has 4 heteroatoms. The van der Waals surface area contributed by atoms with Crippen LogP contribution in [0.1, 0.15) is 37.3 Å². The molecule has 1 saturated carbocycles. The number of nitrogens with zero attached hydrogens (tertiary/aromatic N) is 1. The van der Waals surface area contributed by atoms with Gasteiger partial charge < -0.3 is 10.4 Å². The van der Waals surface area contributed by atoms with Crippen molar-refractivity contribution in [1.29, 1.82) is 0 Å². The van der Waals surface area contributed by atoms with Crippen molar-refractivity contribution in [2.45, 2.75) is 31.7 Å². The number of rotatable bonds is 3. The van der Waals surface area contributed by atoms with E-state index in [1.54, 1.807) is 0 Å². The summed E-state index contributed by atoms with van der Waals surface area (Å²) >= 11 is 3.56. The van der Waals surface area contributed by atoms with Gasteiger partial charge in [0.15, 0.2) is 0 Å². The quantitative estimate of drug-likeness (QED) is 0.887. The summed E-state index contributed by atoms with van der Waals surface area (Å²) in [7, 11) is 0. The van der Waals surface area contributed by atoms with E-state index in [0.717, 1.165) is 36.2 Å². The molecule has 0 bridgehead atoms. The molecule has 1 aromatic rings. The predicted molar refractivity (Wildman–Crippen MR) is 84.9 cm³/mol. The van der Waals surface area contributed by atoms with Gasteiger partial charge in [-0.3, -0.25) is 4.90 Å². The Balaban J connectivity index is 1.92. The third kappa shape index (κ3) is 3.02. The van der Waals surface area contributed by atoms with Crippen molar-refractivity contribution < 1.29 is 5.11 Å². The van der Waals surface area contributed by atoms with E-state index in [2.05, 4.69) is 32.2 Å². The molecule has 2 fully saturated rings. The summed E-state index contributed by atoms with van der Waals surface area (Å²) in [5.41, 5.74) is 1.10. The van der Waals surface area contributed by atoms with Crippen LogP contribution in [0.3, 0.4) is 0 Å². The Morgan fingerprint density at radius 2 is 1.90 bits per heavy atom. The summed E-state index contributed by atoms with van der Waals surface area (Å²) in [5.74, 6) is 1.14. The number of nitrogens with one attached hydrogen (secondary N) is 1. The zero-order chi connectivity index (χ0) is 13.9. The van der Waals surface area contributed by atoms with Crippen molar-refractivity contribution in [2.24, 2.45) is 5.92 Å². The molecule has 20 heavy (non-hydrogen) atoms. The van der Waals surface area contributed by atoms with Gasteiger partial charge in [0.05, 0.1) is 0 Å². The minimum Gasteiger partial charge on any atom is -0.508 e. The predicted octanol–water partition coefficient (Wildman–Crippen LogP) is 3.29. The molecule has 0 radical (unpaired) electrons. The van der Waals surface area contributed by atoms with Crippen LogP contribution in [0.2, 0.25) is 0 Å². The Morgan fingerprint density at radius 1 is 1.20 bits per heavy atom. The monoisotopic (exact) mass is 338 g/mol. The van der Waals surface area contributed by atoms with Gasteiger partial charge in [0.2, 0.25) is 0 Å². The Morgan fingerprint density at radius 3 is 2.60 bits per heavy atom. The van der Waals surface area contributed by atoms with Crippen LogP contribution in [0.15, 0.2) is 22.7 Å². The minimum atomic E-state index is 0.372. The molecule has 0 spiro atoms. The molecule has 1 aliphatic carbocycles. The molecule has 2 aliphatic rings. The van der Waals surface area contributed by atoms with Crippen molar-refractivity contribution in [3.63, 3.8) is 0 Å². The van der Waals surface area contributed by atoms with Gasteiger partial charge in [0.25, 0.3) is 0 Å². The zero-order valence-electron chi connectivity index (χ0n) is 11.8. The van der Waals surface area contributed by atoms with E-state index >= 15 is 0 Å². The van der Waals surface area contributed by atoms with Crippen LogP contribution in [-0.2, 0) is 0 Å². The highest BCUT2D eigenvalue weighted by molar-refractivity contribution is 9.10. The number of phenols is 1. The summed E-state index contributed by atoms with van der Waals surface area (Å²) in [6.45, 7) is 4.26. The van der Waals surface area contributed by atoms with E-state index < -0.39 is 0 Å². The Hall–Kier alpha value is -0.580. The van der Waals surface area contributed by atoms with E-state index in [-0.39, 0.29) is 0 Å². The van der Waals surface area contributed by atoms with E-state index in [1.165, 1.54) is 25.7 Å². The molecular weight excluding hydrogens is 316 g/mol. The maximum atomic E-state index is 10.3. The lowest BCUT2D eigenvalue weighted by Crippen LogP contribution is -2.46. The third-order valence-corrected chi connectivity index (χ3v) is 5.19. The second-order valence-corrected chi connectivity index (χ2v) is 6.89. The lowest BCUT2D eigenvalue weighted by atomic mass is 9.89. The number of hydrogen-bond donors (Lipinski definition) is 2. The first kappa shape index (κ1) is 14.4. The highest BCUT2D eigenvalue weighted by Crippen LogP contribution is 2.43. The highest BCUT2D eigenvalue weighted by Gasteiger charge is 2.33. The maximum absolute atomic E-state index is 10.3. The SMILES string of the molecule is Oc1ccc(Br)cc1[C@@H](C1CCCC1)N1CCNCC1. The van der Waals surface area contributed by atoms with E-state index in [4.69, 9.17) is 0 Å². The highest BCUT2D eigenvalue weighted by atomic mass is 79.9. The van der Waals surface area contributed by atoms with Gasteiger partial charge >= 0.3 is 0 Å². The first-order valence-corrected chi connectivity index (χ1v) is 8.48. The first-order valence-electron chi connectivity index (χ1n) is 7.69. The van der Waals surface area contributed by atoms with Crippen LogP contribution in [0, 0.1) is 5.92 Å². The third-order valence-electron chi connectivity index (χ3n) is 4.70. The second kappa shape index (κ2) is 6.46. The number of piperazine rings is 1. The summed E-state index contributed by atoms with van der Waals surface area (Å²) in [5, 5.41) is 13.8. The van der Waals surface area contributed by atoms with Crippen LogP contribution < -0.4 is 5.32 Å². The lowest BCUT2D eigenvalue weighted by Gasteiger charge is -2.39. The molecular formula is C16H23BrN2O. The molecule has 0 amide bonds. The van der Waals surface area contributed by atoms with Gasteiger partial charge in [-0.15, -0.1) is 0 Å². The Kier molecular flexibility index (Phi) is 4.64. The van der Waals surface area contributed by atoms with E-state index in [1.807, 2.05) is 12.1 Å². The van der Waals surface area contributed by atoms with Crippen molar-refractivity contribution in [2.75, 3.05) is 26.2 Å². The molecule has 0 unspecified atom stereocenters. The zero-order valence-corrected chi connectivity index (χ0v) is 13.4. The molecule has 0 aromatic heterocycles. The molecule has 1 heterocycles. The molecule has 3 nitrogen and oxygen atoms in total. The molecule has 3 rings (SSSR count). The van der Waals surface area contributed by atoms with Crippen molar-refractivity contribution in [1.82, 2.24) is 10.2 Å². The molecule has 1 atom stereocenters. The number of aromatic hydroxyl groups is 1. The van der Waals surface area contributed by atoms with Crippen molar-refractivity contribution in [3.05, 3.63) is 28.2 Å². The van der Waals surface area contributed by atoms with Crippen molar-refractivity contribution >= 4 is 15.9 Å². The van der Waals surface area contributed by atoms with Crippen LogP contribution in [0.4, 0.5) is 0 Å². The molecule has 1 aliphatic heterocycles. The van der Waals surface area contributed by atoms with Crippen molar-refractivity contribution in [3.8, 4) is 5.75 Å². The van der Waals surface area contributed by atoms with Gasteiger partial charge in [-0.2, -0.15) is 0 Å².